The molecule has 2 aromatic rings. The lowest BCUT2D eigenvalue weighted by atomic mass is 10.2. The van der Waals surface area contributed by atoms with E-state index in [1.54, 1.807) is 6.20 Å². The van der Waals surface area contributed by atoms with Crippen molar-refractivity contribution in [2.75, 3.05) is 4.72 Å². The molecule has 1 aromatic carbocycles. The molecule has 0 aliphatic heterocycles. The number of hydrogen-bond acceptors (Lipinski definition) is 2. The number of aromatic nitrogens is 1. The first-order chi connectivity index (χ1) is 6.27. The van der Waals surface area contributed by atoms with Crippen LogP contribution in [-0.2, 0) is 10.9 Å². The van der Waals surface area contributed by atoms with Crippen LogP contribution in [0.1, 0.15) is 0 Å². The summed E-state index contributed by atoms with van der Waals surface area (Å²) in [5.74, 6) is 0. The lowest BCUT2D eigenvalue weighted by Crippen LogP contribution is -1.92. The van der Waals surface area contributed by atoms with E-state index in [0.29, 0.717) is 5.69 Å². The van der Waals surface area contributed by atoms with Gasteiger partial charge in [0.1, 0.15) is 0 Å². The van der Waals surface area contributed by atoms with Gasteiger partial charge in [0.25, 0.3) is 0 Å². The maximum absolute atomic E-state index is 10.4. The van der Waals surface area contributed by atoms with Crippen LogP contribution in [0.25, 0.3) is 10.9 Å². The number of nitrogens with one attached hydrogen (secondary N) is 2. The first kappa shape index (κ1) is 8.12. The molecule has 0 saturated carbocycles. The Bertz CT molecular complexity index is 494. The largest absolute Gasteiger partial charge is 0.359 e. The van der Waals surface area contributed by atoms with E-state index in [-0.39, 0.29) is 0 Å². The number of H-pyrrole nitrogens is 1. The van der Waals surface area contributed by atoms with Crippen LogP contribution in [0.15, 0.2) is 30.5 Å². The quantitative estimate of drug-likeness (QED) is 0.630. The SMILES string of the molecule is O=[SH](=O)Nc1c[nH]c2ccccc12. The Labute approximate surface area is 76.7 Å². The molecule has 0 spiro atoms. The Balaban J connectivity index is 2.57. The zero-order valence-electron chi connectivity index (χ0n) is 6.65. The lowest BCUT2D eigenvalue weighted by molar-refractivity contribution is 0.619. The highest BCUT2D eigenvalue weighted by molar-refractivity contribution is 7.73. The van der Waals surface area contributed by atoms with E-state index in [9.17, 15) is 8.42 Å². The molecule has 4 nitrogen and oxygen atoms in total. The Morgan fingerprint density at radius 2 is 2.00 bits per heavy atom. The topological polar surface area (TPSA) is 62.0 Å². The first-order valence-corrected chi connectivity index (χ1v) is 4.92. The molecule has 0 fully saturated rings. The second-order valence-corrected chi connectivity index (χ2v) is 3.35. The Hall–Kier alpha value is -1.49. The van der Waals surface area contributed by atoms with Gasteiger partial charge in [-0.1, -0.05) is 18.2 Å². The number of anilines is 1. The summed E-state index contributed by atoms with van der Waals surface area (Å²) in [5.41, 5.74) is 1.51. The van der Waals surface area contributed by atoms with E-state index in [1.165, 1.54) is 0 Å². The number of aromatic amines is 1. The molecule has 68 valence electrons. The predicted octanol–water partition coefficient (Wildman–Crippen LogP) is 1.11. The summed E-state index contributed by atoms with van der Waals surface area (Å²) in [6.45, 7) is 0. The van der Waals surface area contributed by atoms with Crippen LogP contribution < -0.4 is 4.72 Å². The van der Waals surface area contributed by atoms with Crippen LogP contribution in [0, 0.1) is 0 Å². The molecule has 1 heterocycles. The molecule has 0 saturated heterocycles. The van der Waals surface area contributed by atoms with Crippen molar-refractivity contribution in [3.63, 3.8) is 0 Å². The molecular weight excluding hydrogens is 188 g/mol. The predicted molar refractivity (Wildman–Crippen MR) is 52.2 cm³/mol. The number of hydrogen-bond donors (Lipinski definition) is 3. The van der Waals surface area contributed by atoms with Crippen LogP contribution in [-0.4, -0.2) is 13.4 Å². The smallest absolute Gasteiger partial charge is 0.222 e. The normalized spacial score (nSPS) is 10.8. The highest BCUT2D eigenvalue weighted by Gasteiger charge is 2.01. The van der Waals surface area contributed by atoms with Crippen LogP contribution in [0.5, 0.6) is 0 Å². The van der Waals surface area contributed by atoms with Gasteiger partial charge < -0.3 is 4.98 Å². The lowest BCUT2D eigenvalue weighted by Gasteiger charge is -1.93. The van der Waals surface area contributed by atoms with Crippen LogP contribution in [0.2, 0.25) is 0 Å². The standard InChI is InChI=1S/C8H8N2O2S/c11-13(12)10-8-5-9-7-4-2-1-3-6(7)8/h1-5,9,13H,(H,10,11,12). The van der Waals surface area contributed by atoms with Gasteiger partial charge in [-0.3, -0.25) is 4.72 Å². The van der Waals surface area contributed by atoms with Crippen molar-refractivity contribution in [3.05, 3.63) is 30.5 Å². The van der Waals surface area contributed by atoms with Crippen molar-refractivity contribution in [1.29, 1.82) is 0 Å². The van der Waals surface area contributed by atoms with E-state index in [1.807, 2.05) is 24.3 Å². The third kappa shape index (κ3) is 1.50. The van der Waals surface area contributed by atoms with Crippen molar-refractivity contribution in [2.24, 2.45) is 0 Å². The van der Waals surface area contributed by atoms with E-state index in [4.69, 9.17) is 0 Å². The molecule has 13 heavy (non-hydrogen) atoms. The van der Waals surface area contributed by atoms with Gasteiger partial charge in [-0.15, -0.1) is 0 Å². The van der Waals surface area contributed by atoms with Gasteiger partial charge in [-0.25, -0.2) is 8.42 Å². The highest BCUT2D eigenvalue weighted by atomic mass is 32.2. The number of thiol groups is 1. The summed E-state index contributed by atoms with van der Waals surface area (Å²) in [5, 5.41) is 0.877. The number of rotatable bonds is 2. The molecule has 2 N–H and O–H groups in total. The second-order valence-electron chi connectivity index (χ2n) is 2.62. The fraction of sp³-hybridized carbons (Fsp3) is 0. The number of benzene rings is 1. The van der Waals surface area contributed by atoms with Gasteiger partial charge in [0, 0.05) is 17.1 Å². The molecule has 0 aliphatic carbocycles. The number of fused-ring (bicyclic) bond motifs is 1. The maximum atomic E-state index is 10.4. The molecule has 5 heteroatoms. The van der Waals surface area contributed by atoms with Gasteiger partial charge in [-0.05, 0) is 6.07 Å². The molecule has 0 bridgehead atoms. The Kier molecular flexibility index (Phi) is 1.94. The Morgan fingerprint density at radius 1 is 1.23 bits per heavy atom. The van der Waals surface area contributed by atoms with E-state index in [2.05, 4.69) is 9.71 Å². The summed E-state index contributed by atoms with van der Waals surface area (Å²) in [7, 11) is -2.59. The average Bonchev–Trinajstić information content (AvgIpc) is 2.48. The van der Waals surface area contributed by atoms with Gasteiger partial charge in [0.2, 0.25) is 10.9 Å². The van der Waals surface area contributed by atoms with Gasteiger partial charge in [-0.2, -0.15) is 0 Å². The number of para-hydroxylation sites is 1. The van der Waals surface area contributed by atoms with Crippen molar-refractivity contribution < 1.29 is 8.42 Å². The molecule has 0 radical (unpaired) electrons. The monoisotopic (exact) mass is 196 g/mol. The van der Waals surface area contributed by atoms with Crippen LogP contribution in [0.4, 0.5) is 5.69 Å². The Morgan fingerprint density at radius 3 is 2.77 bits per heavy atom. The summed E-state index contributed by atoms with van der Waals surface area (Å²) in [6, 6.07) is 7.49. The van der Waals surface area contributed by atoms with Gasteiger partial charge in [0.15, 0.2) is 0 Å². The summed E-state index contributed by atoms with van der Waals surface area (Å²) >= 11 is 0. The van der Waals surface area contributed by atoms with Crippen LogP contribution in [0.3, 0.4) is 0 Å². The highest BCUT2D eigenvalue weighted by Crippen LogP contribution is 2.21. The molecule has 0 unspecified atom stereocenters. The van der Waals surface area contributed by atoms with Crippen molar-refractivity contribution in [3.8, 4) is 0 Å². The van der Waals surface area contributed by atoms with Crippen LogP contribution >= 0.6 is 0 Å². The summed E-state index contributed by atoms with van der Waals surface area (Å²) < 4.78 is 23.2. The molecule has 0 atom stereocenters. The fourth-order valence-electron chi connectivity index (χ4n) is 1.26. The zero-order valence-corrected chi connectivity index (χ0v) is 7.54. The van der Waals surface area contributed by atoms with Crippen molar-refractivity contribution in [1.82, 2.24) is 4.98 Å². The van der Waals surface area contributed by atoms with Gasteiger partial charge >= 0.3 is 0 Å². The van der Waals surface area contributed by atoms with Crippen molar-refractivity contribution >= 4 is 27.5 Å². The van der Waals surface area contributed by atoms with Gasteiger partial charge in [0.05, 0.1) is 5.69 Å². The van der Waals surface area contributed by atoms with E-state index in [0.717, 1.165) is 10.9 Å². The van der Waals surface area contributed by atoms with E-state index < -0.39 is 10.9 Å². The maximum Gasteiger partial charge on any atom is 0.222 e. The second kappa shape index (κ2) is 3.10. The molecule has 0 amide bonds. The van der Waals surface area contributed by atoms with E-state index >= 15 is 0 Å². The first-order valence-electron chi connectivity index (χ1n) is 3.74. The third-order valence-electron chi connectivity index (χ3n) is 1.80. The molecule has 1 aromatic heterocycles. The minimum Gasteiger partial charge on any atom is -0.359 e. The summed E-state index contributed by atoms with van der Waals surface area (Å²) in [4.78, 5) is 2.96. The minimum atomic E-state index is -2.59. The summed E-state index contributed by atoms with van der Waals surface area (Å²) in [6.07, 6.45) is 1.63. The molecular formula is C8H8N2O2S. The zero-order chi connectivity index (χ0) is 9.26. The average molecular weight is 196 g/mol. The molecule has 2 rings (SSSR count). The third-order valence-corrected chi connectivity index (χ3v) is 2.22. The molecule has 0 aliphatic rings. The minimum absolute atomic E-state index is 0.590. The van der Waals surface area contributed by atoms with Crippen molar-refractivity contribution in [2.45, 2.75) is 0 Å². The fourth-order valence-corrected chi connectivity index (χ4v) is 1.64.